The Kier molecular flexibility index (Phi) is 2.93. The SMILES string of the molecule is Cc1nc(CC(O)c2ccc3c(c2)OCO3)cs1. The first-order valence-electron chi connectivity index (χ1n) is 5.71. The molecule has 1 N–H and O–H groups in total. The number of aryl methyl sites for hydroxylation is 1. The molecule has 0 aliphatic carbocycles. The molecule has 1 aromatic carbocycles. The number of ether oxygens (including phenoxy) is 2. The lowest BCUT2D eigenvalue weighted by atomic mass is 10.0. The van der Waals surface area contributed by atoms with Crippen molar-refractivity contribution in [1.29, 1.82) is 0 Å². The van der Waals surface area contributed by atoms with Crippen molar-refractivity contribution in [3.8, 4) is 11.5 Å². The minimum absolute atomic E-state index is 0.250. The van der Waals surface area contributed by atoms with E-state index in [9.17, 15) is 5.11 Å². The van der Waals surface area contributed by atoms with Crippen LogP contribution in [-0.2, 0) is 6.42 Å². The third-order valence-electron chi connectivity index (χ3n) is 2.85. The molecule has 2 aromatic rings. The van der Waals surface area contributed by atoms with Crippen molar-refractivity contribution >= 4 is 11.3 Å². The molecule has 94 valence electrons. The molecule has 1 aromatic heterocycles. The van der Waals surface area contributed by atoms with E-state index in [1.54, 1.807) is 11.3 Å². The molecule has 0 saturated carbocycles. The van der Waals surface area contributed by atoms with Gasteiger partial charge in [-0.05, 0) is 24.6 Å². The summed E-state index contributed by atoms with van der Waals surface area (Å²) in [4.78, 5) is 4.35. The van der Waals surface area contributed by atoms with Crippen molar-refractivity contribution in [3.63, 3.8) is 0 Å². The van der Waals surface area contributed by atoms with Gasteiger partial charge in [-0.2, -0.15) is 0 Å². The smallest absolute Gasteiger partial charge is 0.231 e. The summed E-state index contributed by atoms with van der Waals surface area (Å²) < 4.78 is 10.5. The molecule has 1 atom stereocenters. The molecule has 0 saturated heterocycles. The first kappa shape index (κ1) is 11.5. The van der Waals surface area contributed by atoms with Crippen LogP contribution in [0.5, 0.6) is 11.5 Å². The minimum atomic E-state index is -0.569. The van der Waals surface area contributed by atoms with E-state index < -0.39 is 6.10 Å². The largest absolute Gasteiger partial charge is 0.454 e. The zero-order valence-corrected chi connectivity index (χ0v) is 10.7. The number of hydrogen-bond donors (Lipinski definition) is 1. The Bertz CT molecular complexity index is 567. The highest BCUT2D eigenvalue weighted by Crippen LogP contribution is 2.34. The van der Waals surface area contributed by atoms with E-state index in [1.807, 2.05) is 30.5 Å². The molecule has 0 spiro atoms. The van der Waals surface area contributed by atoms with Gasteiger partial charge in [0.25, 0.3) is 0 Å². The van der Waals surface area contributed by atoms with E-state index in [1.165, 1.54) is 0 Å². The topological polar surface area (TPSA) is 51.6 Å². The van der Waals surface area contributed by atoms with E-state index in [0.717, 1.165) is 22.0 Å². The van der Waals surface area contributed by atoms with Crippen molar-refractivity contribution in [3.05, 3.63) is 39.8 Å². The summed E-state index contributed by atoms with van der Waals surface area (Å²) in [5.74, 6) is 1.43. The normalized spacial score (nSPS) is 14.8. The van der Waals surface area contributed by atoms with E-state index in [2.05, 4.69) is 4.98 Å². The standard InChI is InChI=1S/C13H13NO3S/c1-8-14-10(6-18-8)5-11(15)9-2-3-12-13(4-9)17-7-16-12/h2-4,6,11,15H,5,7H2,1H3. The monoisotopic (exact) mass is 263 g/mol. The molecule has 0 radical (unpaired) electrons. The number of aliphatic hydroxyl groups excluding tert-OH is 1. The van der Waals surface area contributed by atoms with Crippen LogP contribution in [-0.4, -0.2) is 16.9 Å². The Morgan fingerprint density at radius 1 is 1.39 bits per heavy atom. The lowest BCUT2D eigenvalue weighted by Crippen LogP contribution is -2.02. The average molecular weight is 263 g/mol. The number of aromatic nitrogens is 1. The molecule has 18 heavy (non-hydrogen) atoms. The Morgan fingerprint density at radius 3 is 3.00 bits per heavy atom. The zero-order valence-electron chi connectivity index (χ0n) is 9.92. The molecule has 4 nitrogen and oxygen atoms in total. The van der Waals surface area contributed by atoms with Crippen LogP contribution in [0.3, 0.4) is 0 Å². The maximum atomic E-state index is 10.2. The lowest BCUT2D eigenvalue weighted by molar-refractivity contribution is 0.171. The minimum Gasteiger partial charge on any atom is -0.454 e. The zero-order chi connectivity index (χ0) is 12.5. The summed E-state index contributed by atoms with van der Waals surface area (Å²) >= 11 is 1.59. The van der Waals surface area contributed by atoms with Crippen LogP contribution >= 0.6 is 11.3 Å². The Morgan fingerprint density at radius 2 is 2.22 bits per heavy atom. The van der Waals surface area contributed by atoms with Crippen LogP contribution in [0, 0.1) is 6.92 Å². The maximum absolute atomic E-state index is 10.2. The third-order valence-corrected chi connectivity index (χ3v) is 3.67. The van der Waals surface area contributed by atoms with Gasteiger partial charge in [0.1, 0.15) is 0 Å². The predicted octanol–water partition coefficient (Wildman–Crippen LogP) is 2.46. The molecule has 1 aliphatic rings. The van der Waals surface area contributed by atoms with Gasteiger partial charge in [-0.3, -0.25) is 0 Å². The summed E-state index contributed by atoms with van der Waals surface area (Å²) in [5, 5.41) is 13.2. The number of thiazole rings is 1. The molecule has 0 fully saturated rings. The van der Waals surface area contributed by atoms with E-state index in [4.69, 9.17) is 9.47 Å². The quantitative estimate of drug-likeness (QED) is 0.924. The van der Waals surface area contributed by atoms with Crippen molar-refractivity contribution in [2.24, 2.45) is 0 Å². The lowest BCUT2D eigenvalue weighted by Gasteiger charge is -2.10. The number of aliphatic hydroxyl groups is 1. The third kappa shape index (κ3) is 2.19. The van der Waals surface area contributed by atoms with Crippen molar-refractivity contribution in [2.45, 2.75) is 19.4 Å². The van der Waals surface area contributed by atoms with E-state index >= 15 is 0 Å². The summed E-state index contributed by atoms with van der Waals surface area (Å²) in [6.07, 6.45) is -0.0507. The van der Waals surface area contributed by atoms with Gasteiger partial charge in [-0.15, -0.1) is 11.3 Å². The fourth-order valence-electron chi connectivity index (χ4n) is 1.94. The summed E-state index contributed by atoms with van der Waals surface area (Å²) in [6, 6.07) is 5.51. The van der Waals surface area contributed by atoms with E-state index in [-0.39, 0.29) is 6.79 Å². The predicted molar refractivity (Wildman–Crippen MR) is 68.1 cm³/mol. The summed E-state index contributed by atoms with van der Waals surface area (Å²) in [5.41, 5.74) is 1.74. The van der Waals surface area contributed by atoms with Crippen molar-refractivity contribution in [2.75, 3.05) is 6.79 Å². The molecule has 0 bridgehead atoms. The van der Waals surface area contributed by atoms with Gasteiger partial charge >= 0.3 is 0 Å². The fourth-order valence-corrected chi connectivity index (χ4v) is 2.56. The van der Waals surface area contributed by atoms with Crippen LogP contribution < -0.4 is 9.47 Å². The molecule has 5 heteroatoms. The second-order valence-corrected chi connectivity index (χ2v) is 5.25. The van der Waals surface area contributed by atoms with Gasteiger partial charge in [0.05, 0.1) is 16.8 Å². The number of benzene rings is 1. The first-order chi connectivity index (χ1) is 8.72. The summed E-state index contributed by atoms with van der Waals surface area (Å²) in [6.45, 7) is 2.21. The Hall–Kier alpha value is -1.59. The first-order valence-corrected chi connectivity index (χ1v) is 6.59. The van der Waals surface area contributed by atoms with Gasteiger partial charge in [0, 0.05) is 11.8 Å². The van der Waals surface area contributed by atoms with Gasteiger partial charge in [0.2, 0.25) is 6.79 Å². The number of hydrogen-bond acceptors (Lipinski definition) is 5. The molecule has 0 amide bonds. The van der Waals surface area contributed by atoms with Crippen LogP contribution in [0.15, 0.2) is 23.6 Å². The van der Waals surface area contributed by atoms with Crippen molar-refractivity contribution < 1.29 is 14.6 Å². The van der Waals surface area contributed by atoms with Crippen LogP contribution in [0.4, 0.5) is 0 Å². The van der Waals surface area contributed by atoms with Crippen LogP contribution in [0.25, 0.3) is 0 Å². The highest BCUT2D eigenvalue weighted by molar-refractivity contribution is 7.09. The molecule has 2 heterocycles. The van der Waals surface area contributed by atoms with Gasteiger partial charge < -0.3 is 14.6 Å². The molecule has 1 aliphatic heterocycles. The van der Waals surface area contributed by atoms with Crippen LogP contribution in [0.1, 0.15) is 22.4 Å². The maximum Gasteiger partial charge on any atom is 0.231 e. The van der Waals surface area contributed by atoms with Crippen LogP contribution in [0.2, 0.25) is 0 Å². The fraction of sp³-hybridized carbons (Fsp3) is 0.308. The molecular formula is C13H13NO3S. The molecular weight excluding hydrogens is 250 g/mol. The Balaban J connectivity index is 1.78. The summed E-state index contributed by atoms with van der Waals surface area (Å²) in [7, 11) is 0. The van der Waals surface area contributed by atoms with Gasteiger partial charge in [0.15, 0.2) is 11.5 Å². The van der Waals surface area contributed by atoms with Gasteiger partial charge in [-0.1, -0.05) is 6.07 Å². The highest BCUT2D eigenvalue weighted by atomic mass is 32.1. The highest BCUT2D eigenvalue weighted by Gasteiger charge is 2.17. The Labute approximate surface area is 109 Å². The van der Waals surface area contributed by atoms with Gasteiger partial charge in [-0.25, -0.2) is 4.98 Å². The van der Waals surface area contributed by atoms with E-state index in [0.29, 0.717) is 12.2 Å². The molecule has 1 unspecified atom stereocenters. The number of nitrogens with zero attached hydrogens (tertiary/aromatic N) is 1. The van der Waals surface area contributed by atoms with Crippen molar-refractivity contribution in [1.82, 2.24) is 4.98 Å². The number of fused-ring (bicyclic) bond motifs is 1. The second-order valence-electron chi connectivity index (χ2n) is 4.19. The molecule has 3 rings (SSSR count). The average Bonchev–Trinajstić information content (AvgIpc) is 2.96. The number of rotatable bonds is 3. The second kappa shape index (κ2) is 4.59.